The molecule has 9 heteroatoms. The molecule has 0 saturated heterocycles. The minimum Gasteiger partial charge on any atom is -0.496 e. The van der Waals surface area contributed by atoms with Crippen molar-refractivity contribution in [1.29, 1.82) is 0 Å². The topological polar surface area (TPSA) is 107 Å². The van der Waals surface area contributed by atoms with E-state index in [1.807, 2.05) is 32.0 Å². The third-order valence-corrected chi connectivity index (χ3v) is 7.02. The summed E-state index contributed by atoms with van der Waals surface area (Å²) in [4.78, 5) is 28.6. The maximum absolute atomic E-state index is 13.4. The van der Waals surface area contributed by atoms with E-state index in [1.165, 1.54) is 7.11 Å². The van der Waals surface area contributed by atoms with Gasteiger partial charge in [-0.2, -0.15) is 0 Å². The van der Waals surface area contributed by atoms with Gasteiger partial charge in [-0.1, -0.05) is 18.2 Å². The number of aryl methyl sites for hydroxylation is 2. The van der Waals surface area contributed by atoms with Crippen LogP contribution in [-0.2, 0) is 26.1 Å². The molecule has 1 amide bonds. The van der Waals surface area contributed by atoms with Crippen molar-refractivity contribution in [2.24, 2.45) is 5.92 Å². The fourth-order valence-electron chi connectivity index (χ4n) is 5.20. The Morgan fingerprint density at radius 2 is 2.03 bits per heavy atom. The van der Waals surface area contributed by atoms with Gasteiger partial charge in [-0.3, -0.25) is 9.59 Å². The van der Waals surface area contributed by atoms with Crippen LogP contribution in [0.3, 0.4) is 0 Å². The lowest BCUT2D eigenvalue weighted by Crippen LogP contribution is -2.28. The second-order valence-electron chi connectivity index (χ2n) is 9.27. The first-order valence-corrected chi connectivity index (χ1v) is 11.9. The number of amides is 1. The van der Waals surface area contributed by atoms with E-state index < -0.39 is 0 Å². The Hall–Kier alpha value is -3.88. The van der Waals surface area contributed by atoms with Crippen molar-refractivity contribution in [3.63, 3.8) is 0 Å². The summed E-state index contributed by atoms with van der Waals surface area (Å²) in [7, 11) is 1.52. The van der Waals surface area contributed by atoms with Crippen molar-refractivity contribution in [1.82, 2.24) is 29.6 Å². The van der Waals surface area contributed by atoms with Gasteiger partial charge < -0.3 is 24.2 Å². The first-order valence-electron chi connectivity index (χ1n) is 11.9. The summed E-state index contributed by atoms with van der Waals surface area (Å²) in [6.45, 7) is 7.57. The van der Waals surface area contributed by atoms with Crippen molar-refractivity contribution in [3.8, 4) is 5.75 Å². The van der Waals surface area contributed by atoms with Crippen molar-refractivity contribution < 1.29 is 9.53 Å². The lowest BCUT2D eigenvalue weighted by molar-refractivity contribution is 0.0951. The molecule has 0 radical (unpaired) electrons. The van der Waals surface area contributed by atoms with Crippen LogP contribution in [0.5, 0.6) is 5.75 Å². The molecule has 0 aliphatic carbocycles. The van der Waals surface area contributed by atoms with Crippen molar-refractivity contribution in [2.45, 2.75) is 53.2 Å². The molecule has 4 aromatic rings. The third kappa shape index (κ3) is 4.11. The number of fused-ring (bicyclic) bond motifs is 2. The van der Waals surface area contributed by atoms with Gasteiger partial charge in [0, 0.05) is 41.8 Å². The lowest BCUT2D eigenvalue weighted by Gasteiger charge is -2.24. The summed E-state index contributed by atoms with van der Waals surface area (Å²) in [6.07, 6.45) is 1.90. The van der Waals surface area contributed by atoms with E-state index in [9.17, 15) is 9.59 Å². The van der Waals surface area contributed by atoms with Gasteiger partial charge in [0.1, 0.15) is 17.4 Å². The zero-order chi connectivity index (χ0) is 24.7. The van der Waals surface area contributed by atoms with E-state index in [4.69, 9.17) is 4.74 Å². The Bertz CT molecular complexity index is 1480. The number of pyridine rings is 1. The van der Waals surface area contributed by atoms with Gasteiger partial charge in [0.25, 0.3) is 11.5 Å². The molecule has 9 nitrogen and oxygen atoms in total. The van der Waals surface area contributed by atoms with Crippen LogP contribution < -0.4 is 15.6 Å². The number of ether oxygens (including phenoxy) is 1. The number of para-hydroxylation sites is 1. The van der Waals surface area contributed by atoms with E-state index in [0.717, 1.165) is 54.2 Å². The number of carbonyl (C=O) groups is 1. The minimum absolute atomic E-state index is 0.0776. The summed E-state index contributed by atoms with van der Waals surface area (Å²) >= 11 is 0. The maximum Gasteiger partial charge on any atom is 0.256 e. The van der Waals surface area contributed by atoms with Gasteiger partial charge in [-0.15, -0.1) is 10.2 Å². The minimum atomic E-state index is -0.262. The van der Waals surface area contributed by atoms with Gasteiger partial charge >= 0.3 is 0 Å². The molecule has 5 rings (SSSR count). The molecule has 0 fully saturated rings. The molecule has 1 aliphatic rings. The van der Waals surface area contributed by atoms with E-state index in [0.29, 0.717) is 28.5 Å². The number of benzene rings is 1. The highest BCUT2D eigenvalue weighted by Crippen LogP contribution is 2.29. The maximum atomic E-state index is 13.4. The molecule has 2 N–H and O–H groups in total. The van der Waals surface area contributed by atoms with Crippen molar-refractivity contribution >= 4 is 16.8 Å². The Morgan fingerprint density at radius 1 is 1.23 bits per heavy atom. The molecule has 182 valence electrons. The van der Waals surface area contributed by atoms with Crippen LogP contribution in [0.15, 0.2) is 35.1 Å². The van der Waals surface area contributed by atoms with Crippen LogP contribution in [-0.4, -0.2) is 37.3 Å². The smallest absolute Gasteiger partial charge is 0.256 e. The fraction of sp³-hybridized carbons (Fsp3) is 0.385. The number of hydrogen-bond donors (Lipinski definition) is 2. The third-order valence-electron chi connectivity index (χ3n) is 7.02. The van der Waals surface area contributed by atoms with Gasteiger partial charge in [0.05, 0.1) is 24.8 Å². The number of nitrogens with one attached hydrogen (secondary N) is 2. The Labute approximate surface area is 203 Å². The highest BCUT2D eigenvalue weighted by molar-refractivity contribution is 6.08. The summed E-state index contributed by atoms with van der Waals surface area (Å²) in [5.41, 5.74) is 3.42. The van der Waals surface area contributed by atoms with E-state index in [2.05, 4.69) is 35.7 Å². The Morgan fingerprint density at radius 3 is 2.83 bits per heavy atom. The number of aromatic nitrogens is 5. The van der Waals surface area contributed by atoms with Crippen LogP contribution in [0.25, 0.3) is 10.9 Å². The first-order chi connectivity index (χ1) is 16.9. The number of aromatic amines is 1. The number of rotatable bonds is 6. The van der Waals surface area contributed by atoms with Gasteiger partial charge in [0.15, 0.2) is 0 Å². The number of methoxy groups -OCH3 is 1. The predicted molar refractivity (Wildman–Crippen MR) is 133 cm³/mol. The largest absolute Gasteiger partial charge is 0.496 e. The second kappa shape index (κ2) is 9.05. The highest BCUT2D eigenvalue weighted by atomic mass is 16.5. The van der Waals surface area contributed by atoms with Crippen LogP contribution in [0.2, 0.25) is 0 Å². The molecular formula is C26H30N6O3. The zero-order valence-corrected chi connectivity index (χ0v) is 20.5. The number of nitrogens with zero attached hydrogens (tertiary/aromatic N) is 4. The van der Waals surface area contributed by atoms with Crippen LogP contribution >= 0.6 is 0 Å². The second-order valence-corrected chi connectivity index (χ2v) is 9.27. The quantitative estimate of drug-likeness (QED) is 0.447. The number of hydrogen-bond acceptors (Lipinski definition) is 5. The molecular weight excluding hydrogens is 444 g/mol. The molecule has 1 unspecified atom stereocenters. The van der Waals surface area contributed by atoms with Crippen LogP contribution in [0.1, 0.15) is 45.4 Å². The summed E-state index contributed by atoms with van der Waals surface area (Å²) in [5, 5.41) is 12.4. The fourth-order valence-corrected chi connectivity index (χ4v) is 5.20. The molecule has 0 bridgehead atoms. The van der Waals surface area contributed by atoms with E-state index in [1.54, 1.807) is 13.0 Å². The molecule has 3 aromatic heterocycles. The van der Waals surface area contributed by atoms with E-state index >= 15 is 0 Å². The standard InChI is InChI=1S/C26H30N6O3/c1-15-11-22(35-4)20(25(33)28-15)13-27-26(34)24-16(2)32(21-8-6-5-7-19(21)24)14-18-9-10-31-17(3)29-30-23(31)12-18/h5-8,11,18H,9-10,12-14H2,1-4H3,(H,27,34)(H,28,33). The van der Waals surface area contributed by atoms with Gasteiger partial charge in [-0.05, 0) is 45.2 Å². The predicted octanol–water partition coefficient (Wildman–Crippen LogP) is 3.05. The Kier molecular flexibility index (Phi) is 5.92. The SMILES string of the molecule is COc1cc(C)[nH]c(=O)c1CNC(=O)c1c(C)n(CC2CCn3c(C)nnc3C2)c2ccccc12. The number of carbonyl (C=O) groups excluding carboxylic acids is 1. The average Bonchev–Trinajstić information content (AvgIpc) is 3.34. The molecule has 0 saturated carbocycles. The zero-order valence-electron chi connectivity index (χ0n) is 20.5. The van der Waals surface area contributed by atoms with E-state index in [-0.39, 0.29) is 18.0 Å². The summed E-state index contributed by atoms with van der Waals surface area (Å²) in [5.74, 6) is 2.66. The highest BCUT2D eigenvalue weighted by Gasteiger charge is 2.26. The average molecular weight is 475 g/mol. The van der Waals surface area contributed by atoms with Gasteiger partial charge in [-0.25, -0.2) is 0 Å². The molecule has 4 heterocycles. The van der Waals surface area contributed by atoms with Crippen molar-refractivity contribution in [2.75, 3.05) is 7.11 Å². The molecule has 1 atom stereocenters. The Balaban J connectivity index is 1.42. The summed E-state index contributed by atoms with van der Waals surface area (Å²) in [6, 6.07) is 9.74. The first kappa shape index (κ1) is 22.9. The normalized spacial score (nSPS) is 15.3. The van der Waals surface area contributed by atoms with Crippen molar-refractivity contribution in [3.05, 3.63) is 74.8 Å². The molecule has 1 aliphatic heterocycles. The molecule has 35 heavy (non-hydrogen) atoms. The van der Waals surface area contributed by atoms with Crippen LogP contribution in [0.4, 0.5) is 0 Å². The monoisotopic (exact) mass is 474 g/mol. The molecule has 0 spiro atoms. The summed E-state index contributed by atoms with van der Waals surface area (Å²) < 4.78 is 9.80. The molecule has 1 aromatic carbocycles. The number of H-pyrrole nitrogens is 1. The lowest BCUT2D eigenvalue weighted by atomic mass is 9.97. The van der Waals surface area contributed by atoms with Gasteiger partial charge in [0.2, 0.25) is 0 Å². The van der Waals surface area contributed by atoms with Crippen LogP contribution in [0, 0.1) is 26.7 Å².